The Bertz CT molecular complexity index is 331. The van der Waals surface area contributed by atoms with Crippen molar-refractivity contribution in [3.05, 3.63) is 18.0 Å². The van der Waals surface area contributed by atoms with Crippen molar-refractivity contribution in [2.24, 2.45) is 5.92 Å². The summed E-state index contributed by atoms with van der Waals surface area (Å²) >= 11 is 0. The first-order valence-electron chi connectivity index (χ1n) is 5.32. The highest BCUT2D eigenvalue weighted by molar-refractivity contribution is 5.91. The topological polar surface area (TPSA) is 75.4 Å². The van der Waals surface area contributed by atoms with Gasteiger partial charge >= 0.3 is 0 Å². The first kappa shape index (κ1) is 12.7. The Hall–Kier alpha value is -1.36. The highest BCUT2D eigenvalue weighted by Gasteiger charge is 2.23. The van der Waals surface area contributed by atoms with Crippen molar-refractivity contribution in [3.63, 3.8) is 0 Å². The van der Waals surface area contributed by atoms with Crippen LogP contribution in [-0.2, 0) is 0 Å². The van der Waals surface area contributed by atoms with Gasteiger partial charge in [-0.2, -0.15) is 0 Å². The van der Waals surface area contributed by atoms with E-state index in [0.717, 1.165) is 0 Å². The molecule has 5 heteroatoms. The van der Waals surface area contributed by atoms with Gasteiger partial charge in [0.05, 0.1) is 5.60 Å². The van der Waals surface area contributed by atoms with Crippen LogP contribution in [0.1, 0.15) is 37.7 Å². The second kappa shape index (κ2) is 5.12. The summed E-state index contributed by atoms with van der Waals surface area (Å²) in [6, 6.07) is 1.48. The van der Waals surface area contributed by atoms with Crippen LogP contribution in [-0.4, -0.2) is 28.3 Å². The molecular formula is C11H18N2O3. The number of rotatable bonds is 5. The molecule has 16 heavy (non-hydrogen) atoms. The normalized spacial score (nSPS) is 14.8. The molecule has 0 spiro atoms. The zero-order valence-electron chi connectivity index (χ0n) is 9.86. The summed E-state index contributed by atoms with van der Waals surface area (Å²) in [6.45, 7) is 5.95. The molecular weight excluding hydrogens is 208 g/mol. The van der Waals surface area contributed by atoms with Crippen molar-refractivity contribution >= 4 is 5.91 Å². The molecule has 0 aliphatic carbocycles. The van der Waals surface area contributed by atoms with Gasteiger partial charge in [-0.15, -0.1) is 0 Å². The first-order valence-corrected chi connectivity index (χ1v) is 5.32. The number of hydrogen-bond acceptors (Lipinski definition) is 4. The van der Waals surface area contributed by atoms with Gasteiger partial charge in [-0.05, 0) is 19.3 Å². The number of aliphatic hydroxyl groups is 1. The van der Waals surface area contributed by atoms with Crippen LogP contribution in [0.2, 0.25) is 0 Å². The lowest BCUT2D eigenvalue weighted by Gasteiger charge is -2.25. The molecule has 5 nitrogen and oxygen atoms in total. The zero-order chi connectivity index (χ0) is 12.2. The van der Waals surface area contributed by atoms with Crippen LogP contribution >= 0.6 is 0 Å². The maximum absolute atomic E-state index is 11.5. The molecule has 0 saturated carbocycles. The fourth-order valence-electron chi connectivity index (χ4n) is 1.64. The molecule has 2 N–H and O–H groups in total. The minimum atomic E-state index is -0.895. The van der Waals surface area contributed by atoms with Crippen molar-refractivity contribution in [1.29, 1.82) is 0 Å². The highest BCUT2D eigenvalue weighted by atomic mass is 16.5. The van der Waals surface area contributed by atoms with Crippen molar-refractivity contribution in [1.82, 2.24) is 10.5 Å². The second-order valence-electron chi connectivity index (χ2n) is 4.66. The van der Waals surface area contributed by atoms with Crippen molar-refractivity contribution < 1.29 is 14.4 Å². The van der Waals surface area contributed by atoms with Gasteiger partial charge < -0.3 is 14.9 Å². The van der Waals surface area contributed by atoms with Crippen LogP contribution in [0.3, 0.4) is 0 Å². The average Bonchev–Trinajstić information content (AvgIpc) is 2.64. The van der Waals surface area contributed by atoms with Crippen molar-refractivity contribution in [3.8, 4) is 0 Å². The fourth-order valence-corrected chi connectivity index (χ4v) is 1.64. The Kier molecular flexibility index (Phi) is 4.06. The third-order valence-electron chi connectivity index (χ3n) is 2.15. The molecule has 1 unspecified atom stereocenters. The van der Waals surface area contributed by atoms with E-state index in [1.807, 2.05) is 13.8 Å². The van der Waals surface area contributed by atoms with Gasteiger partial charge in [0.25, 0.3) is 5.91 Å². The minimum absolute atomic E-state index is 0.205. The van der Waals surface area contributed by atoms with Gasteiger partial charge in [0.2, 0.25) is 0 Å². The lowest BCUT2D eigenvalue weighted by Crippen LogP contribution is -2.41. The quantitative estimate of drug-likeness (QED) is 0.791. The van der Waals surface area contributed by atoms with E-state index in [4.69, 9.17) is 0 Å². The summed E-state index contributed by atoms with van der Waals surface area (Å²) < 4.78 is 4.56. The smallest absolute Gasteiger partial charge is 0.273 e. The molecule has 1 aromatic rings. The fraction of sp³-hybridized carbons (Fsp3) is 0.636. The van der Waals surface area contributed by atoms with E-state index in [0.29, 0.717) is 12.3 Å². The molecule has 1 atom stereocenters. The molecule has 1 rings (SSSR count). The standard InChI is InChI=1S/C11H18N2O3/c1-8(2)6-11(3,15)7-12-10(14)9-4-5-16-13-9/h4-5,8,15H,6-7H2,1-3H3,(H,12,14). The second-order valence-corrected chi connectivity index (χ2v) is 4.66. The number of aromatic nitrogens is 1. The molecule has 1 aromatic heterocycles. The number of nitrogens with one attached hydrogen (secondary N) is 1. The van der Waals surface area contributed by atoms with Gasteiger partial charge in [-0.3, -0.25) is 4.79 Å². The van der Waals surface area contributed by atoms with E-state index in [9.17, 15) is 9.90 Å². The molecule has 90 valence electrons. The van der Waals surface area contributed by atoms with Gasteiger partial charge in [-0.25, -0.2) is 0 Å². The summed E-state index contributed by atoms with van der Waals surface area (Å²) in [5.74, 6) is 0.0386. The Morgan fingerprint density at radius 2 is 2.38 bits per heavy atom. The zero-order valence-corrected chi connectivity index (χ0v) is 9.86. The largest absolute Gasteiger partial charge is 0.388 e. The Morgan fingerprint density at radius 1 is 1.69 bits per heavy atom. The third kappa shape index (κ3) is 4.02. The van der Waals surface area contributed by atoms with Gasteiger partial charge in [0, 0.05) is 12.6 Å². The minimum Gasteiger partial charge on any atom is -0.388 e. The molecule has 0 aromatic carbocycles. The number of nitrogens with zero attached hydrogens (tertiary/aromatic N) is 1. The van der Waals surface area contributed by atoms with Crippen LogP contribution in [0.15, 0.2) is 16.9 Å². The average molecular weight is 226 g/mol. The monoisotopic (exact) mass is 226 g/mol. The number of carbonyl (C=O) groups is 1. The molecule has 0 aliphatic heterocycles. The van der Waals surface area contributed by atoms with E-state index >= 15 is 0 Å². The maximum atomic E-state index is 11.5. The molecule has 0 aliphatic rings. The molecule has 1 amide bonds. The Balaban J connectivity index is 2.42. The summed E-state index contributed by atoms with van der Waals surface area (Å²) in [7, 11) is 0. The van der Waals surface area contributed by atoms with Crippen LogP contribution in [0.4, 0.5) is 0 Å². The van der Waals surface area contributed by atoms with Crippen LogP contribution in [0.25, 0.3) is 0 Å². The van der Waals surface area contributed by atoms with Gasteiger partial charge in [0.1, 0.15) is 6.26 Å². The van der Waals surface area contributed by atoms with Gasteiger partial charge in [0.15, 0.2) is 5.69 Å². The third-order valence-corrected chi connectivity index (χ3v) is 2.15. The summed E-state index contributed by atoms with van der Waals surface area (Å²) in [4.78, 5) is 11.5. The Labute approximate surface area is 94.8 Å². The summed E-state index contributed by atoms with van der Waals surface area (Å²) in [5.41, 5.74) is -0.673. The molecule has 0 bridgehead atoms. The van der Waals surface area contributed by atoms with E-state index in [1.165, 1.54) is 12.3 Å². The highest BCUT2D eigenvalue weighted by Crippen LogP contribution is 2.15. The van der Waals surface area contributed by atoms with Crippen molar-refractivity contribution in [2.75, 3.05) is 6.54 Å². The number of amides is 1. The van der Waals surface area contributed by atoms with Gasteiger partial charge in [-0.1, -0.05) is 19.0 Å². The van der Waals surface area contributed by atoms with Crippen LogP contribution in [0, 0.1) is 5.92 Å². The molecule has 1 heterocycles. The van der Waals surface area contributed by atoms with Crippen LogP contribution in [0.5, 0.6) is 0 Å². The predicted octanol–water partition coefficient (Wildman–Crippen LogP) is 1.20. The maximum Gasteiger partial charge on any atom is 0.273 e. The van der Waals surface area contributed by atoms with E-state index < -0.39 is 5.60 Å². The lowest BCUT2D eigenvalue weighted by atomic mass is 9.94. The van der Waals surface area contributed by atoms with E-state index in [1.54, 1.807) is 6.92 Å². The van der Waals surface area contributed by atoms with E-state index in [2.05, 4.69) is 15.0 Å². The van der Waals surface area contributed by atoms with E-state index in [-0.39, 0.29) is 18.1 Å². The predicted molar refractivity (Wildman–Crippen MR) is 58.9 cm³/mol. The molecule has 0 fully saturated rings. The SMILES string of the molecule is CC(C)CC(C)(O)CNC(=O)c1ccon1. The summed E-state index contributed by atoms with van der Waals surface area (Å²) in [5, 5.41) is 16.1. The number of carbonyl (C=O) groups excluding carboxylic acids is 1. The Morgan fingerprint density at radius 3 is 2.88 bits per heavy atom. The first-order chi connectivity index (χ1) is 7.41. The van der Waals surface area contributed by atoms with Crippen LogP contribution < -0.4 is 5.32 Å². The molecule has 0 radical (unpaired) electrons. The summed E-state index contributed by atoms with van der Waals surface area (Å²) in [6.07, 6.45) is 1.97. The lowest BCUT2D eigenvalue weighted by molar-refractivity contribution is 0.0367. The number of hydrogen-bond donors (Lipinski definition) is 2. The molecule has 0 saturated heterocycles. The van der Waals surface area contributed by atoms with Crippen molar-refractivity contribution in [2.45, 2.75) is 32.8 Å².